The van der Waals surface area contributed by atoms with Gasteiger partial charge in [0.05, 0.1) is 16.2 Å². The first-order chi connectivity index (χ1) is 9.43. The topological polar surface area (TPSA) is 102 Å². The van der Waals surface area contributed by atoms with E-state index in [1.54, 1.807) is 4.90 Å². The fourth-order valence-corrected chi connectivity index (χ4v) is 2.69. The molecule has 108 valence electrons. The van der Waals surface area contributed by atoms with Crippen LogP contribution in [0.25, 0.3) is 0 Å². The maximum Gasteiger partial charge on any atom is 0.270 e. The van der Waals surface area contributed by atoms with Gasteiger partial charge in [0.2, 0.25) is 0 Å². The molecule has 2 unspecified atom stereocenters. The number of amides is 1. The molecular weight excluding hydrogens is 260 g/mol. The van der Waals surface area contributed by atoms with Gasteiger partial charge in [-0.15, -0.1) is 0 Å². The van der Waals surface area contributed by atoms with Crippen molar-refractivity contribution in [3.8, 4) is 0 Å². The minimum atomic E-state index is -0.521. The standard InChI is InChI=1S/C13H18N4O3/c1-8-5-9(2)16(7-8)13(18)11-6-10(17(19)20)3-4-12(11)15-14/h3-4,6,8-9,15H,5,7,14H2,1-2H3. The van der Waals surface area contributed by atoms with Crippen molar-refractivity contribution < 1.29 is 9.72 Å². The predicted molar refractivity (Wildman–Crippen MR) is 75.2 cm³/mol. The SMILES string of the molecule is CC1CC(C)N(C(=O)c2cc([N+](=O)[O-])ccc2NN)C1. The Bertz CT molecular complexity index is 546. The van der Waals surface area contributed by atoms with Crippen LogP contribution < -0.4 is 11.3 Å². The second kappa shape index (κ2) is 5.46. The van der Waals surface area contributed by atoms with Gasteiger partial charge >= 0.3 is 0 Å². The van der Waals surface area contributed by atoms with Crippen LogP contribution >= 0.6 is 0 Å². The smallest absolute Gasteiger partial charge is 0.270 e. The molecular formula is C13H18N4O3. The number of likely N-dealkylation sites (tertiary alicyclic amines) is 1. The van der Waals surface area contributed by atoms with Gasteiger partial charge in [-0.05, 0) is 25.3 Å². The Labute approximate surface area is 116 Å². The van der Waals surface area contributed by atoms with Crippen LogP contribution in [0.15, 0.2) is 18.2 Å². The predicted octanol–water partition coefficient (Wildman–Crippen LogP) is 1.75. The van der Waals surface area contributed by atoms with Crippen LogP contribution in [0.5, 0.6) is 0 Å². The highest BCUT2D eigenvalue weighted by atomic mass is 16.6. The average molecular weight is 278 g/mol. The third-order valence-electron chi connectivity index (χ3n) is 3.64. The number of hydrazine groups is 1. The molecule has 3 N–H and O–H groups in total. The summed E-state index contributed by atoms with van der Waals surface area (Å²) in [5.41, 5.74) is 2.94. The number of non-ortho nitro benzene ring substituents is 1. The van der Waals surface area contributed by atoms with Crippen molar-refractivity contribution in [2.24, 2.45) is 11.8 Å². The monoisotopic (exact) mass is 278 g/mol. The zero-order chi connectivity index (χ0) is 14.9. The molecule has 0 saturated carbocycles. The first-order valence-corrected chi connectivity index (χ1v) is 6.50. The van der Waals surface area contributed by atoms with Gasteiger partial charge in [-0.2, -0.15) is 0 Å². The number of carbonyl (C=O) groups is 1. The Kier molecular flexibility index (Phi) is 3.89. The molecule has 1 heterocycles. The Morgan fingerprint density at radius 2 is 2.20 bits per heavy atom. The molecule has 1 aromatic rings. The van der Waals surface area contributed by atoms with Crippen LogP contribution in [-0.2, 0) is 0 Å². The number of benzene rings is 1. The van der Waals surface area contributed by atoms with E-state index in [1.165, 1.54) is 18.2 Å². The highest BCUT2D eigenvalue weighted by Crippen LogP contribution is 2.28. The van der Waals surface area contributed by atoms with Crippen molar-refractivity contribution >= 4 is 17.3 Å². The molecule has 1 saturated heterocycles. The molecule has 2 atom stereocenters. The maximum absolute atomic E-state index is 12.6. The van der Waals surface area contributed by atoms with Gasteiger partial charge in [-0.25, -0.2) is 0 Å². The third kappa shape index (κ3) is 2.57. The number of nitrogen functional groups attached to an aromatic ring is 1. The van der Waals surface area contributed by atoms with E-state index in [0.29, 0.717) is 18.2 Å². The number of rotatable bonds is 3. The van der Waals surface area contributed by atoms with Crippen molar-refractivity contribution in [3.05, 3.63) is 33.9 Å². The molecule has 2 rings (SSSR count). The lowest BCUT2D eigenvalue weighted by molar-refractivity contribution is -0.384. The molecule has 0 spiro atoms. The fraction of sp³-hybridized carbons (Fsp3) is 0.462. The minimum Gasteiger partial charge on any atom is -0.336 e. The van der Waals surface area contributed by atoms with Gasteiger partial charge in [-0.1, -0.05) is 6.92 Å². The highest BCUT2D eigenvalue weighted by molar-refractivity contribution is 6.00. The van der Waals surface area contributed by atoms with E-state index in [1.807, 2.05) is 6.92 Å². The molecule has 20 heavy (non-hydrogen) atoms. The van der Waals surface area contributed by atoms with Crippen molar-refractivity contribution in [3.63, 3.8) is 0 Å². The molecule has 0 radical (unpaired) electrons. The number of nitrogens with one attached hydrogen (secondary N) is 1. The first kappa shape index (κ1) is 14.3. The number of anilines is 1. The van der Waals surface area contributed by atoms with E-state index >= 15 is 0 Å². The van der Waals surface area contributed by atoms with E-state index < -0.39 is 4.92 Å². The van der Waals surface area contributed by atoms with Crippen LogP contribution in [0.1, 0.15) is 30.6 Å². The second-order valence-corrected chi connectivity index (χ2v) is 5.28. The second-order valence-electron chi connectivity index (χ2n) is 5.28. The van der Waals surface area contributed by atoms with E-state index in [-0.39, 0.29) is 23.2 Å². The van der Waals surface area contributed by atoms with Crippen LogP contribution in [0, 0.1) is 16.0 Å². The van der Waals surface area contributed by atoms with Gasteiger partial charge in [-0.3, -0.25) is 20.8 Å². The fourth-order valence-electron chi connectivity index (χ4n) is 2.69. The number of nitro groups is 1. The number of nitrogens with zero attached hydrogens (tertiary/aromatic N) is 2. The van der Waals surface area contributed by atoms with Crippen molar-refractivity contribution in [1.82, 2.24) is 4.90 Å². The lowest BCUT2D eigenvalue weighted by Crippen LogP contribution is -2.34. The van der Waals surface area contributed by atoms with Gasteiger partial charge in [0.15, 0.2) is 0 Å². The summed E-state index contributed by atoms with van der Waals surface area (Å²) >= 11 is 0. The number of nitro benzene ring substituents is 1. The van der Waals surface area contributed by atoms with Crippen molar-refractivity contribution in [2.75, 3.05) is 12.0 Å². The molecule has 1 amide bonds. The number of hydrogen-bond acceptors (Lipinski definition) is 5. The first-order valence-electron chi connectivity index (χ1n) is 6.50. The summed E-state index contributed by atoms with van der Waals surface area (Å²) in [5, 5.41) is 10.8. The Balaban J connectivity index is 2.37. The van der Waals surface area contributed by atoms with E-state index in [0.717, 1.165) is 6.42 Å². The summed E-state index contributed by atoms with van der Waals surface area (Å²) < 4.78 is 0. The Hall–Kier alpha value is -2.15. The van der Waals surface area contributed by atoms with Crippen molar-refractivity contribution in [2.45, 2.75) is 26.3 Å². The Morgan fingerprint density at radius 3 is 2.70 bits per heavy atom. The van der Waals surface area contributed by atoms with Gasteiger partial charge in [0.25, 0.3) is 11.6 Å². The molecule has 1 aliphatic heterocycles. The lowest BCUT2D eigenvalue weighted by atomic mass is 10.1. The van der Waals surface area contributed by atoms with Gasteiger partial charge < -0.3 is 10.3 Å². The number of carbonyl (C=O) groups excluding carboxylic acids is 1. The van der Waals surface area contributed by atoms with Crippen LogP contribution in [-0.4, -0.2) is 28.3 Å². The molecule has 1 aromatic carbocycles. The normalized spacial score (nSPS) is 21.9. The summed E-state index contributed by atoms with van der Waals surface area (Å²) in [5.74, 6) is 5.59. The third-order valence-corrected chi connectivity index (χ3v) is 3.64. The summed E-state index contributed by atoms with van der Waals surface area (Å²) in [6.45, 7) is 4.72. The molecule has 1 aliphatic rings. The number of hydrogen-bond donors (Lipinski definition) is 2. The lowest BCUT2D eigenvalue weighted by Gasteiger charge is -2.22. The van der Waals surface area contributed by atoms with Crippen molar-refractivity contribution in [1.29, 1.82) is 0 Å². The molecule has 7 nitrogen and oxygen atoms in total. The molecule has 0 aromatic heterocycles. The largest absolute Gasteiger partial charge is 0.336 e. The molecule has 0 aliphatic carbocycles. The van der Waals surface area contributed by atoms with Crippen LogP contribution in [0.4, 0.5) is 11.4 Å². The van der Waals surface area contributed by atoms with E-state index in [4.69, 9.17) is 5.84 Å². The molecule has 1 fully saturated rings. The van der Waals surface area contributed by atoms with Gasteiger partial charge in [0.1, 0.15) is 0 Å². The summed E-state index contributed by atoms with van der Waals surface area (Å²) in [6, 6.07) is 4.17. The number of nitrogens with two attached hydrogens (primary N) is 1. The average Bonchev–Trinajstić information content (AvgIpc) is 2.76. The summed E-state index contributed by atoms with van der Waals surface area (Å²) in [6.07, 6.45) is 0.937. The quantitative estimate of drug-likeness (QED) is 0.498. The highest BCUT2D eigenvalue weighted by Gasteiger charge is 2.32. The Morgan fingerprint density at radius 1 is 1.50 bits per heavy atom. The van der Waals surface area contributed by atoms with Crippen LogP contribution in [0.3, 0.4) is 0 Å². The van der Waals surface area contributed by atoms with E-state index in [9.17, 15) is 14.9 Å². The van der Waals surface area contributed by atoms with Crippen LogP contribution in [0.2, 0.25) is 0 Å². The zero-order valence-corrected chi connectivity index (χ0v) is 11.5. The summed E-state index contributed by atoms with van der Waals surface area (Å²) in [7, 11) is 0. The maximum atomic E-state index is 12.6. The molecule has 0 bridgehead atoms. The minimum absolute atomic E-state index is 0.118. The summed E-state index contributed by atoms with van der Waals surface area (Å²) in [4.78, 5) is 24.6. The molecule has 7 heteroatoms. The van der Waals surface area contributed by atoms with E-state index in [2.05, 4.69) is 12.3 Å². The van der Waals surface area contributed by atoms with Gasteiger partial charge in [0, 0.05) is 24.7 Å². The zero-order valence-electron chi connectivity index (χ0n) is 11.5.